The van der Waals surface area contributed by atoms with Gasteiger partial charge in [-0.15, -0.1) is 11.8 Å². The summed E-state index contributed by atoms with van der Waals surface area (Å²) in [6, 6.07) is 19.6. The van der Waals surface area contributed by atoms with Crippen molar-refractivity contribution in [2.45, 2.75) is 24.9 Å². The summed E-state index contributed by atoms with van der Waals surface area (Å²) in [4.78, 5) is 12.2. The molecular weight excluding hydrogens is 378 g/mol. The van der Waals surface area contributed by atoms with Crippen molar-refractivity contribution in [3.8, 4) is 0 Å². The SMILES string of the molecule is Cc1ccccc1CSCc1ccc(C(=O)NCCc2ccc(Cl)cc2)o1. The molecule has 3 rings (SSSR count). The number of furan rings is 1. The van der Waals surface area contributed by atoms with Crippen molar-refractivity contribution in [3.63, 3.8) is 0 Å². The van der Waals surface area contributed by atoms with E-state index in [0.717, 1.165) is 29.3 Å². The number of rotatable bonds is 8. The van der Waals surface area contributed by atoms with Crippen molar-refractivity contribution in [1.82, 2.24) is 5.32 Å². The van der Waals surface area contributed by atoms with Gasteiger partial charge in [0, 0.05) is 17.3 Å². The molecule has 0 unspecified atom stereocenters. The first-order chi connectivity index (χ1) is 13.1. The topological polar surface area (TPSA) is 42.2 Å². The fraction of sp³-hybridized carbons (Fsp3) is 0.227. The summed E-state index contributed by atoms with van der Waals surface area (Å²) in [6.45, 7) is 2.67. The van der Waals surface area contributed by atoms with Gasteiger partial charge in [-0.05, 0) is 54.3 Å². The van der Waals surface area contributed by atoms with Crippen molar-refractivity contribution in [2.75, 3.05) is 6.54 Å². The van der Waals surface area contributed by atoms with Gasteiger partial charge in [0.25, 0.3) is 5.91 Å². The Labute approximate surface area is 169 Å². The van der Waals surface area contributed by atoms with E-state index in [9.17, 15) is 4.79 Å². The zero-order valence-corrected chi connectivity index (χ0v) is 16.8. The van der Waals surface area contributed by atoms with Gasteiger partial charge in [0.2, 0.25) is 0 Å². The Kier molecular flexibility index (Phi) is 7.02. The molecule has 0 atom stereocenters. The van der Waals surface area contributed by atoms with E-state index in [0.29, 0.717) is 17.3 Å². The molecule has 0 fully saturated rings. The molecule has 0 saturated heterocycles. The van der Waals surface area contributed by atoms with E-state index >= 15 is 0 Å². The van der Waals surface area contributed by atoms with Crippen molar-refractivity contribution in [3.05, 3.63) is 93.9 Å². The van der Waals surface area contributed by atoms with E-state index in [1.54, 1.807) is 17.8 Å². The van der Waals surface area contributed by atoms with Gasteiger partial charge in [0.05, 0.1) is 5.75 Å². The molecule has 1 N–H and O–H groups in total. The van der Waals surface area contributed by atoms with Crippen LogP contribution in [0.15, 0.2) is 65.1 Å². The predicted octanol–water partition coefficient (Wildman–Crippen LogP) is 5.65. The lowest BCUT2D eigenvalue weighted by Gasteiger charge is -2.05. The quantitative estimate of drug-likeness (QED) is 0.532. The normalized spacial score (nSPS) is 10.7. The van der Waals surface area contributed by atoms with Crippen LogP contribution in [-0.2, 0) is 17.9 Å². The Morgan fingerprint density at radius 2 is 1.81 bits per heavy atom. The number of halogens is 1. The van der Waals surface area contributed by atoms with Crippen LogP contribution in [0.2, 0.25) is 5.02 Å². The first-order valence-corrected chi connectivity index (χ1v) is 10.4. The molecule has 27 heavy (non-hydrogen) atoms. The molecule has 1 aromatic heterocycles. The molecule has 5 heteroatoms. The van der Waals surface area contributed by atoms with Crippen LogP contribution in [0, 0.1) is 6.92 Å². The minimum Gasteiger partial charge on any atom is -0.455 e. The van der Waals surface area contributed by atoms with Crippen LogP contribution in [0.5, 0.6) is 0 Å². The largest absolute Gasteiger partial charge is 0.455 e. The highest BCUT2D eigenvalue weighted by atomic mass is 35.5. The van der Waals surface area contributed by atoms with Gasteiger partial charge in [-0.1, -0.05) is 48.0 Å². The van der Waals surface area contributed by atoms with Crippen LogP contribution in [0.4, 0.5) is 0 Å². The molecule has 0 aliphatic heterocycles. The molecule has 0 bridgehead atoms. The van der Waals surface area contributed by atoms with Gasteiger partial charge >= 0.3 is 0 Å². The molecule has 140 valence electrons. The highest BCUT2D eigenvalue weighted by Crippen LogP contribution is 2.21. The Hall–Kier alpha value is -2.17. The summed E-state index contributed by atoms with van der Waals surface area (Å²) < 4.78 is 5.68. The van der Waals surface area contributed by atoms with Crippen LogP contribution >= 0.6 is 23.4 Å². The lowest BCUT2D eigenvalue weighted by Crippen LogP contribution is -2.25. The molecule has 1 amide bonds. The molecule has 3 aromatic rings. The number of benzene rings is 2. The minimum absolute atomic E-state index is 0.181. The number of carbonyl (C=O) groups excluding carboxylic acids is 1. The average molecular weight is 400 g/mol. The van der Waals surface area contributed by atoms with Crippen LogP contribution in [0.25, 0.3) is 0 Å². The number of nitrogens with one attached hydrogen (secondary N) is 1. The maximum atomic E-state index is 12.2. The lowest BCUT2D eigenvalue weighted by molar-refractivity contribution is 0.0925. The lowest BCUT2D eigenvalue weighted by atomic mass is 10.1. The standard InChI is InChI=1S/C22H22ClNO2S/c1-16-4-2-3-5-18(16)14-27-15-20-10-11-21(26-20)22(25)24-13-12-17-6-8-19(23)9-7-17/h2-11H,12-15H2,1H3,(H,24,25). The van der Waals surface area contributed by atoms with Crippen LogP contribution in [0.3, 0.4) is 0 Å². The van der Waals surface area contributed by atoms with E-state index in [1.807, 2.05) is 36.4 Å². The van der Waals surface area contributed by atoms with Crippen molar-refractivity contribution in [1.29, 1.82) is 0 Å². The van der Waals surface area contributed by atoms with Crippen molar-refractivity contribution >= 4 is 29.3 Å². The third-order valence-electron chi connectivity index (χ3n) is 4.26. The maximum Gasteiger partial charge on any atom is 0.287 e. The smallest absolute Gasteiger partial charge is 0.287 e. The van der Waals surface area contributed by atoms with Gasteiger partial charge in [-0.25, -0.2) is 0 Å². The number of carbonyl (C=O) groups is 1. The van der Waals surface area contributed by atoms with Gasteiger partial charge < -0.3 is 9.73 Å². The third kappa shape index (κ3) is 5.91. The molecule has 0 saturated carbocycles. The van der Waals surface area contributed by atoms with Gasteiger partial charge in [-0.2, -0.15) is 0 Å². The van der Waals surface area contributed by atoms with Crippen LogP contribution in [0.1, 0.15) is 33.0 Å². The molecular formula is C22H22ClNO2S. The highest BCUT2D eigenvalue weighted by molar-refractivity contribution is 7.97. The van der Waals surface area contributed by atoms with E-state index in [2.05, 4.69) is 30.4 Å². The van der Waals surface area contributed by atoms with E-state index < -0.39 is 0 Å². The van der Waals surface area contributed by atoms with E-state index in [4.69, 9.17) is 16.0 Å². The number of amides is 1. The Morgan fingerprint density at radius 3 is 2.59 bits per heavy atom. The predicted molar refractivity (Wildman–Crippen MR) is 112 cm³/mol. The Balaban J connectivity index is 1.43. The summed E-state index contributed by atoms with van der Waals surface area (Å²) in [5.74, 6) is 2.66. The number of hydrogen-bond donors (Lipinski definition) is 1. The first-order valence-electron chi connectivity index (χ1n) is 8.85. The molecule has 0 radical (unpaired) electrons. The Morgan fingerprint density at radius 1 is 1.04 bits per heavy atom. The van der Waals surface area contributed by atoms with Gasteiger partial charge in [0.15, 0.2) is 5.76 Å². The second kappa shape index (κ2) is 9.67. The molecule has 3 nitrogen and oxygen atoms in total. The third-order valence-corrected chi connectivity index (χ3v) is 5.52. The first kappa shape index (κ1) is 19.6. The van der Waals surface area contributed by atoms with Crippen LogP contribution < -0.4 is 5.32 Å². The fourth-order valence-corrected chi connectivity index (χ4v) is 3.80. The van der Waals surface area contributed by atoms with Gasteiger partial charge in [-0.3, -0.25) is 4.79 Å². The second-order valence-corrected chi connectivity index (χ2v) is 7.74. The summed E-state index contributed by atoms with van der Waals surface area (Å²) in [5.41, 5.74) is 3.76. The van der Waals surface area contributed by atoms with E-state index in [1.165, 1.54) is 11.1 Å². The summed E-state index contributed by atoms with van der Waals surface area (Å²) in [7, 11) is 0. The van der Waals surface area contributed by atoms with Crippen LogP contribution in [-0.4, -0.2) is 12.5 Å². The Bertz CT molecular complexity index is 889. The summed E-state index contributed by atoms with van der Waals surface area (Å²) in [6.07, 6.45) is 0.753. The van der Waals surface area contributed by atoms with Gasteiger partial charge in [0.1, 0.15) is 5.76 Å². The van der Waals surface area contributed by atoms with Crippen molar-refractivity contribution < 1.29 is 9.21 Å². The zero-order chi connectivity index (χ0) is 19.1. The highest BCUT2D eigenvalue weighted by Gasteiger charge is 2.11. The minimum atomic E-state index is -0.181. The average Bonchev–Trinajstić information content (AvgIpc) is 3.14. The fourth-order valence-electron chi connectivity index (χ4n) is 2.67. The zero-order valence-electron chi connectivity index (χ0n) is 15.2. The maximum absolute atomic E-state index is 12.2. The summed E-state index contributed by atoms with van der Waals surface area (Å²) in [5, 5.41) is 3.61. The summed E-state index contributed by atoms with van der Waals surface area (Å²) >= 11 is 7.65. The molecule has 2 aromatic carbocycles. The van der Waals surface area contributed by atoms with E-state index in [-0.39, 0.29) is 5.91 Å². The van der Waals surface area contributed by atoms with Crippen molar-refractivity contribution in [2.24, 2.45) is 0 Å². The number of aryl methyl sites for hydroxylation is 1. The monoisotopic (exact) mass is 399 g/mol. The molecule has 0 aliphatic rings. The second-order valence-electron chi connectivity index (χ2n) is 6.32. The molecule has 1 heterocycles. The molecule has 0 spiro atoms. The number of thioether (sulfide) groups is 1. The number of hydrogen-bond acceptors (Lipinski definition) is 3. The molecule has 0 aliphatic carbocycles.